The van der Waals surface area contributed by atoms with Crippen LogP contribution in [0.15, 0.2) is 54.1 Å². The molecular weight excluding hydrogens is 256 g/mol. The number of hydrogen-bond donors (Lipinski definition) is 0. The van der Waals surface area contributed by atoms with E-state index in [1.165, 1.54) is 21.9 Å². The Morgan fingerprint density at radius 3 is 2.57 bits per heavy atom. The third-order valence-electron chi connectivity index (χ3n) is 4.47. The summed E-state index contributed by atoms with van der Waals surface area (Å²) in [5.41, 5.74) is 2.98. The summed E-state index contributed by atoms with van der Waals surface area (Å²) in [5, 5.41) is 2.64. The molecule has 0 saturated carbocycles. The molecule has 1 aliphatic rings. The van der Waals surface area contributed by atoms with Crippen molar-refractivity contribution in [3.05, 3.63) is 59.7 Å². The van der Waals surface area contributed by atoms with Crippen LogP contribution < -0.4 is 0 Å². The van der Waals surface area contributed by atoms with E-state index in [9.17, 15) is 0 Å². The summed E-state index contributed by atoms with van der Waals surface area (Å²) in [6, 6.07) is 15.3. The highest BCUT2D eigenvalue weighted by molar-refractivity contribution is 5.83. The Morgan fingerprint density at radius 2 is 1.86 bits per heavy atom. The molecule has 3 rings (SSSR count). The highest BCUT2D eigenvalue weighted by Crippen LogP contribution is 2.38. The number of rotatable bonds is 5. The molecule has 2 aromatic rings. The normalized spacial score (nSPS) is 20.7. The lowest BCUT2D eigenvalue weighted by atomic mass is 10.0. The van der Waals surface area contributed by atoms with Gasteiger partial charge in [0.2, 0.25) is 0 Å². The minimum absolute atomic E-state index is 0.124. The van der Waals surface area contributed by atoms with Crippen LogP contribution in [0, 0.1) is 0 Å². The maximum atomic E-state index is 5.64. The van der Waals surface area contributed by atoms with Crippen LogP contribution in [0.5, 0.6) is 0 Å². The van der Waals surface area contributed by atoms with Crippen molar-refractivity contribution in [3.8, 4) is 0 Å². The molecular formula is C20H24O. The van der Waals surface area contributed by atoms with Gasteiger partial charge < -0.3 is 4.74 Å². The van der Waals surface area contributed by atoms with E-state index < -0.39 is 0 Å². The Labute approximate surface area is 127 Å². The van der Waals surface area contributed by atoms with Gasteiger partial charge in [-0.25, -0.2) is 0 Å². The van der Waals surface area contributed by atoms with Crippen molar-refractivity contribution in [2.45, 2.75) is 51.7 Å². The zero-order valence-corrected chi connectivity index (χ0v) is 13.2. The number of allylic oxidation sites excluding steroid dienone is 2. The van der Waals surface area contributed by atoms with Crippen LogP contribution in [0.25, 0.3) is 10.8 Å². The maximum Gasteiger partial charge on any atom is 0.0892 e. The Balaban J connectivity index is 1.58. The van der Waals surface area contributed by atoms with Crippen LogP contribution in [-0.4, -0.2) is 11.7 Å². The fraction of sp³-hybridized carbons (Fsp3) is 0.400. The van der Waals surface area contributed by atoms with Crippen LogP contribution >= 0.6 is 0 Å². The van der Waals surface area contributed by atoms with Gasteiger partial charge in [-0.15, -0.1) is 0 Å². The Morgan fingerprint density at radius 1 is 1.14 bits per heavy atom. The first-order valence-corrected chi connectivity index (χ1v) is 7.86. The number of hydrogen-bond acceptors (Lipinski definition) is 1. The van der Waals surface area contributed by atoms with E-state index in [0.717, 1.165) is 19.3 Å². The summed E-state index contributed by atoms with van der Waals surface area (Å²) >= 11 is 0. The summed E-state index contributed by atoms with van der Waals surface area (Å²) in [4.78, 5) is 0. The van der Waals surface area contributed by atoms with Crippen molar-refractivity contribution in [2.24, 2.45) is 0 Å². The van der Waals surface area contributed by atoms with Crippen LogP contribution in [0.3, 0.4) is 0 Å². The van der Waals surface area contributed by atoms with Crippen molar-refractivity contribution in [1.82, 2.24) is 0 Å². The average Bonchev–Trinajstić information content (AvgIpc) is 3.10. The smallest absolute Gasteiger partial charge is 0.0892 e. The summed E-state index contributed by atoms with van der Waals surface area (Å²) < 4.78 is 5.64. The molecule has 0 N–H and O–H groups in total. The van der Waals surface area contributed by atoms with Crippen LogP contribution in [0.1, 0.15) is 39.2 Å². The molecule has 1 unspecified atom stereocenters. The van der Waals surface area contributed by atoms with Gasteiger partial charge in [0.05, 0.1) is 11.7 Å². The third-order valence-corrected chi connectivity index (χ3v) is 4.47. The largest absolute Gasteiger partial charge is 0.367 e. The van der Waals surface area contributed by atoms with Gasteiger partial charge in [0.25, 0.3) is 0 Å². The first-order chi connectivity index (χ1) is 10.0. The third kappa shape index (κ3) is 3.54. The minimum Gasteiger partial charge on any atom is -0.367 e. The van der Waals surface area contributed by atoms with Gasteiger partial charge >= 0.3 is 0 Å². The van der Waals surface area contributed by atoms with Crippen LogP contribution in [-0.2, 0) is 11.2 Å². The highest BCUT2D eigenvalue weighted by Gasteiger charge is 2.46. The van der Waals surface area contributed by atoms with Crippen molar-refractivity contribution in [3.63, 3.8) is 0 Å². The first kappa shape index (κ1) is 14.3. The lowest BCUT2D eigenvalue weighted by molar-refractivity contribution is 0.320. The topological polar surface area (TPSA) is 12.5 Å². The van der Waals surface area contributed by atoms with Gasteiger partial charge in [-0.1, -0.05) is 54.1 Å². The lowest BCUT2D eigenvalue weighted by Gasteiger charge is -2.03. The van der Waals surface area contributed by atoms with Crippen molar-refractivity contribution < 1.29 is 4.74 Å². The van der Waals surface area contributed by atoms with Crippen LogP contribution in [0.4, 0.5) is 0 Å². The van der Waals surface area contributed by atoms with Gasteiger partial charge in [0.15, 0.2) is 0 Å². The quantitative estimate of drug-likeness (QED) is 0.536. The molecule has 0 aliphatic carbocycles. The standard InChI is InChI=1S/C20H24O/c1-15(9-13-19-20(2,3)21-19)8-10-16-11-12-17-6-4-5-7-18(17)14-16/h4-8,11-12,14,19H,9-10,13H2,1-3H3/b15-8+. The van der Waals surface area contributed by atoms with Crippen LogP contribution in [0.2, 0.25) is 0 Å². The first-order valence-electron chi connectivity index (χ1n) is 7.86. The van der Waals surface area contributed by atoms with E-state index >= 15 is 0 Å². The molecule has 1 aliphatic heterocycles. The van der Waals surface area contributed by atoms with Gasteiger partial charge in [0.1, 0.15) is 0 Å². The molecule has 0 radical (unpaired) electrons. The van der Waals surface area contributed by atoms with Gasteiger partial charge in [-0.2, -0.15) is 0 Å². The molecule has 1 atom stereocenters. The summed E-state index contributed by atoms with van der Waals surface area (Å²) in [7, 11) is 0. The highest BCUT2D eigenvalue weighted by atomic mass is 16.6. The fourth-order valence-electron chi connectivity index (χ4n) is 2.86. The molecule has 1 saturated heterocycles. The van der Waals surface area contributed by atoms with Crippen molar-refractivity contribution >= 4 is 10.8 Å². The summed E-state index contributed by atoms with van der Waals surface area (Å²) in [6.07, 6.45) is 6.13. The molecule has 0 amide bonds. The average molecular weight is 280 g/mol. The predicted octanol–water partition coefficient (Wildman–Crippen LogP) is 5.29. The molecule has 1 nitrogen and oxygen atoms in total. The number of benzene rings is 2. The van der Waals surface area contributed by atoms with E-state index in [0.29, 0.717) is 6.10 Å². The Kier molecular flexibility index (Phi) is 3.86. The van der Waals surface area contributed by atoms with E-state index in [1.807, 2.05) is 0 Å². The zero-order chi connectivity index (χ0) is 14.9. The molecule has 0 spiro atoms. The number of ether oxygens (including phenoxy) is 1. The lowest BCUT2D eigenvalue weighted by Crippen LogP contribution is -2.02. The van der Waals surface area contributed by atoms with Crippen molar-refractivity contribution in [2.75, 3.05) is 0 Å². The van der Waals surface area contributed by atoms with Crippen molar-refractivity contribution in [1.29, 1.82) is 0 Å². The molecule has 2 aromatic carbocycles. The molecule has 0 aromatic heterocycles. The second-order valence-corrected chi connectivity index (χ2v) is 6.68. The minimum atomic E-state index is 0.124. The van der Waals surface area contributed by atoms with Gasteiger partial charge in [-0.3, -0.25) is 0 Å². The van der Waals surface area contributed by atoms with E-state index in [2.05, 4.69) is 69.3 Å². The summed E-state index contributed by atoms with van der Waals surface area (Å²) in [6.45, 7) is 6.58. The summed E-state index contributed by atoms with van der Waals surface area (Å²) in [5.74, 6) is 0. The molecule has 1 heteroatoms. The second-order valence-electron chi connectivity index (χ2n) is 6.68. The second kappa shape index (κ2) is 5.65. The van der Waals surface area contributed by atoms with Gasteiger partial charge in [0, 0.05) is 0 Å². The zero-order valence-electron chi connectivity index (χ0n) is 13.2. The number of fused-ring (bicyclic) bond motifs is 1. The van der Waals surface area contributed by atoms with Gasteiger partial charge in [-0.05, 0) is 56.4 Å². The van der Waals surface area contributed by atoms with E-state index in [1.54, 1.807) is 0 Å². The Bertz CT molecular complexity index is 666. The van der Waals surface area contributed by atoms with E-state index in [-0.39, 0.29) is 5.60 Å². The molecule has 110 valence electrons. The molecule has 1 heterocycles. The fourth-order valence-corrected chi connectivity index (χ4v) is 2.86. The predicted molar refractivity (Wildman–Crippen MR) is 89.6 cm³/mol. The monoisotopic (exact) mass is 280 g/mol. The SMILES string of the molecule is C/C(=C\Cc1ccc2ccccc2c1)CCC1OC1(C)C. The molecule has 0 bridgehead atoms. The number of epoxide rings is 1. The molecule has 1 fully saturated rings. The molecule has 21 heavy (non-hydrogen) atoms. The Hall–Kier alpha value is -1.60. The van der Waals surface area contributed by atoms with E-state index in [4.69, 9.17) is 4.74 Å². The maximum absolute atomic E-state index is 5.64.